The molecular weight excluding hydrogens is 240 g/mol. The predicted molar refractivity (Wildman–Crippen MR) is 68.9 cm³/mol. The van der Waals surface area contributed by atoms with Crippen LogP contribution in [-0.2, 0) is 0 Å². The van der Waals surface area contributed by atoms with Crippen LogP contribution in [0.15, 0.2) is 18.2 Å². The lowest BCUT2D eigenvalue weighted by atomic mass is 10.2. The lowest BCUT2D eigenvalue weighted by molar-refractivity contribution is 0.266. The third-order valence-electron chi connectivity index (χ3n) is 2.30. The summed E-state index contributed by atoms with van der Waals surface area (Å²) in [7, 11) is 0. The quantitative estimate of drug-likeness (QED) is 0.397. The molecule has 0 atom stereocenters. The zero-order chi connectivity index (χ0) is 12.7. The van der Waals surface area contributed by atoms with Crippen molar-refractivity contribution < 1.29 is 9.84 Å². The molecule has 0 fully saturated rings. The summed E-state index contributed by atoms with van der Waals surface area (Å²) in [5.41, 5.74) is 5.93. The molecule has 0 unspecified atom stereocenters. The summed E-state index contributed by atoms with van der Waals surface area (Å²) < 4.78 is 5.49. The maximum Gasteiger partial charge on any atom is 0.137 e. The Morgan fingerprint density at radius 3 is 2.71 bits per heavy atom. The summed E-state index contributed by atoms with van der Waals surface area (Å²) >= 11 is 6.00. The Bertz CT molecular complexity index is 383. The van der Waals surface area contributed by atoms with Gasteiger partial charge in [0.25, 0.3) is 0 Å². The highest BCUT2D eigenvalue weighted by atomic mass is 35.5. The van der Waals surface area contributed by atoms with E-state index in [0.717, 1.165) is 19.3 Å². The van der Waals surface area contributed by atoms with Crippen molar-refractivity contribution in [3.05, 3.63) is 28.8 Å². The number of aliphatic hydroxyl groups is 1. The molecule has 0 radical (unpaired) electrons. The van der Waals surface area contributed by atoms with Gasteiger partial charge in [-0.05, 0) is 37.5 Å². The maximum absolute atomic E-state index is 8.62. The number of nitrogens with one attached hydrogen (secondary N) is 1. The van der Waals surface area contributed by atoms with Crippen molar-refractivity contribution in [2.45, 2.75) is 19.3 Å². The van der Waals surface area contributed by atoms with Crippen LogP contribution in [0.25, 0.3) is 0 Å². The molecule has 4 N–H and O–H groups in total. The van der Waals surface area contributed by atoms with Crippen LogP contribution in [0.3, 0.4) is 0 Å². The largest absolute Gasteiger partial charge is 0.492 e. The Balaban J connectivity index is 2.46. The molecule has 0 saturated carbocycles. The molecule has 0 amide bonds. The van der Waals surface area contributed by atoms with E-state index in [1.54, 1.807) is 18.2 Å². The maximum atomic E-state index is 8.62. The normalized spacial score (nSPS) is 10.2. The second-order valence-electron chi connectivity index (χ2n) is 3.69. The topological polar surface area (TPSA) is 79.3 Å². The zero-order valence-electron chi connectivity index (χ0n) is 9.58. The number of benzene rings is 1. The fourth-order valence-corrected chi connectivity index (χ4v) is 1.59. The molecule has 0 aliphatic rings. The van der Waals surface area contributed by atoms with Crippen LogP contribution in [0, 0.1) is 5.41 Å². The van der Waals surface area contributed by atoms with E-state index < -0.39 is 0 Å². The van der Waals surface area contributed by atoms with Crippen LogP contribution < -0.4 is 10.5 Å². The predicted octanol–water partition coefficient (Wildman–Crippen LogP) is 2.17. The molecule has 94 valence electrons. The van der Waals surface area contributed by atoms with E-state index in [0.29, 0.717) is 22.9 Å². The molecule has 1 aromatic rings. The van der Waals surface area contributed by atoms with Crippen LogP contribution in [0.1, 0.15) is 24.8 Å². The van der Waals surface area contributed by atoms with Gasteiger partial charge < -0.3 is 15.6 Å². The minimum Gasteiger partial charge on any atom is -0.492 e. The molecule has 1 rings (SSSR count). The highest BCUT2D eigenvalue weighted by molar-refractivity contribution is 6.32. The molecule has 5 heteroatoms. The number of hydrogen-bond acceptors (Lipinski definition) is 3. The van der Waals surface area contributed by atoms with Crippen LogP contribution >= 0.6 is 11.6 Å². The Morgan fingerprint density at radius 1 is 1.35 bits per heavy atom. The fraction of sp³-hybridized carbons (Fsp3) is 0.417. The summed E-state index contributed by atoms with van der Waals surface area (Å²) in [5.74, 6) is 0.585. The molecular formula is C12H17ClN2O2. The Morgan fingerprint density at radius 2 is 2.12 bits per heavy atom. The van der Waals surface area contributed by atoms with Crippen molar-refractivity contribution >= 4 is 17.4 Å². The minimum absolute atomic E-state index is 0.0126. The van der Waals surface area contributed by atoms with Gasteiger partial charge in [-0.3, -0.25) is 5.41 Å². The van der Waals surface area contributed by atoms with Gasteiger partial charge in [0.15, 0.2) is 0 Å². The van der Waals surface area contributed by atoms with E-state index in [1.807, 2.05) is 0 Å². The van der Waals surface area contributed by atoms with Gasteiger partial charge >= 0.3 is 0 Å². The number of ether oxygens (including phenoxy) is 1. The summed E-state index contributed by atoms with van der Waals surface area (Å²) in [6, 6.07) is 5.04. The molecule has 0 bridgehead atoms. The number of aliphatic hydroxyl groups excluding tert-OH is 1. The standard InChI is InChI=1S/C12H17ClN2O2/c13-10-8-9(12(14)15)4-5-11(10)17-7-3-1-2-6-16/h4-5,8,16H,1-3,6-7H2,(H3,14,15). The van der Waals surface area contributed by atoms with Gasteiger partial charge in [0, 0.05) is 12.2 Å². The van der Waals surface area contributed by atoms with Crippen molar-refractivity contribution in [2.75, 3.05) is 13.2 Å². The first-order valence-corrected chi connectivity index (χ1v) is 5.90. The number of nitrogen functional groups attached to an aromatic ring is 1. The monoisotopic (exact) mass is 256 g/mol. The van der Waals surface area contributed by atoms with Gasteiger partial charge in [-0.25, -0.2) is 0 Å². The summed E-state index contributed by atoms with van der Waals surface area (Å²) in [6.07, 6.45) is 2.60. The molecule has 0 spiro atoms. The fourth-order valence-electron chi connectivity index (χ4n) is 1.36. The smallest absolute Gasteiger partial charge is 0.137 e. The van der Waals surface area contributed by atoms with E-state index in [9.17, 15) is 0 Å². The highest BCUT2D eigenvalue weighted by Crippen LogP contribution is 2.25. The van der Waals surface area contributed by atoms with Gasteiger partial charge in [0.2, 0.25) is 0 Å². The van der Waals surface area contributed by atoms with Crippen molar-refractivity contribution in [3.8, 4) is 5.75 Å². The van der Waals surface area contributed by atoms with Gasteiger partial charge in [-0.2, -0.15) is 0 Å². The van der Waals surface area contributed by atoms with Crippen LogP contribution in [0.5, 0.6) is 5.75 Å². The lowest BCUT2D eigenvalue weighted by Gasteiger charge is -2.08. The van der Waals surface area contributed by atoms with Gasteiger partial charge in [-0.1, -0.05) is 11.6 Å². The Hall–Kier alpha value is -1.26. The van der Waals surface area contributed by atoms with Crippen molar-refractivity contribution in [1.82, 2.24) is 0 Å². The van der Waals surface area contributed by atoms with E-state index in [4.69, 9.17) is 32.6 Å². The lowest BCUT2D eigenvalue weighted by Crippen LogP contribution is -2.10. The van der Waals surface area contributed by atoms with Crippen molar-refractivity contribution in [1.29, 1.82) is 5.41 Å². The second kappa shape index (κ2) is 7.14. The molecule has 4 nitrogen and oxygen atoms in total. The number of rotatable bonds is 7. The average Bonchev–Trinajstić information content (AvgIpc) is 2.30. The first-order valence-electron chi connectivity index (χ1n) is 5.52. The Kier molecular flexibility index (Phi) is 5.80. The first-order chi connectivity index (χ1) is 8.15. The van der Waals surface area contributed by atoms with Crippen LogP contribution in [0.4, 0.5) is 0 Å². The first kappa shape index (κ1) is 13.8. The highest BCUT2D eigenvalue weighted by Gasteiger charge is 2.04. The van der Waals surface area contributed by atoms with Gasteiger partial charge in [0.1, 0.15) is 11.6 Å². The summed E-state index contributed by atoms with van der Waals surface area (Å²) in [4.78, 5) is 0. The number of hydrogen-bond donors (Lipinski definition) is 3. The molecule has 0 saturated heterocycles. The average molecular weight is 257 g/mol. The Labute approximate surface area is 106 Å². The summed E-state index contributed by atoms with van der Waals surface area (Å²) in [5, 5.41) is 16.3. The molecule has 0 aliphatic carbocycles. The molecule has 0 heterocycles. The number of amidine groups is 1. The SMILES string of the molecule is N=C(N)c1ccc(OCCCCCO)c(Cl)c1. The van der Waals surface area contributed by atoms with E-state index in [2.05, 4.69) is 0 Å². The van der Waals surface area contributed by atoms with Crippen LogP contribution in [0.2, 0.25) is 5.02 Å². The molecule has 1 aromatic carbocycles. The van der Waals surface area contributed by atoms with E-state index >= 15 is 0 Å². The summed E-state index contributed by atoms with van der Waals surface area (Å²) in [6.45, 7) is 0.785. The minimum atomic E-state index is -0.0126. The third kappa shape index (κ3) is 4.63. The number of nitrogens with two attached hydrogens (primary N) is 1. The third-order valence-corrected chi connectivity index (χ3v) is 2.60. The van der Waals surface area contributed by atoms with E-state index in [-0.39, 0.29) is 12.4 Å². The number of unbranched alkanes of at least 4 members (excludes halogenated alkanes) is 2. The van der Waals surface area contributed by atoms with Crippen molar-refractivity contribution in [2.24, 2.45) is 5.73 Å². The van der Waals surface area contributed by atoms with E-state index in [1.165, 1.54) is 0 Å². The zero-order valence-corrected chi connectivity index (χ0v) is 10.3. The molecule has 0 aromatic heterocycles. The van der Waals surface area contributed by atoms with Gasteiger partial charge in [-0.15, -0.1) is 0 Å². The second-order valence-corrected chi connectivity index (χ2v) is 4.10. The molecule has 17 heavy (non-hydrogen) atoms. The van der Waals surface area contributed by atoms with Crippen LogP contribution in [-0.4, -0.2) is 24.2 Å². The molecule has 0 aliphatic heterocycles. The van der Waals surface area contributed by atoms with Gasteiger partial charge in [0.05, 0.1) is 11.6 Å². The number of halogens is 1. The van der Waals surface area contributed by atoms with Crippen molar-refractivity contribution in [3.63, 3.8) is 0 Å².